The molecule has 3 saturated heterocycles. The van der Waals surface area contributed by atoms with E-state index in [1.807, 2.05) is 19.1 Å². The van der Waals surface area contributed by atoms with Gasteiger partial charge in [-0.2, -0.15) is 0 Å². The van der Waals surface area contributed by atoms with Crippen molar-refractivity contribution in [1.82, 2.24) is 10.6 Å². The number of ether oxygens (including phenoxy) is 6. The van der Waals surface area contributed by atoms with Crippen LogP contribution in [0, 0.1) is 59.7 Å². The van der Waals surface area contributed by atoms with Crippen molar-refractivity contribution >= 4 is 46.7 Å². The topological polar surface area (TPSA) is 330 Å². The summed E-state index contributed by atoms with van der Waals surface area (Å²) in [6.45, 7) is 12.9. The summed E-state index contributed by atoms with van der Waals surface area (Å²) in [5.74, 6) is -3.37. The molecule has 83 heavy (non-hydrogen) atoms. The molecule has 0 bridgehead atoms. The molecule has 22 heteroatoms. The van der Waals surface area contributed by atoms with Gasteiger partial charge < -0.3 is 89.8 Å². The molecule has 24 atom stereocenters. The second-order valence-electron chi connectivity index (χ2n) is 27.3. The second kappa shape index (κ2) is 25.0. The van der Waals surface area contributed by atoms with Crippen LogP contribution in [0.15, 0.2) is 35.9 Å². The third-order valence-corrected chi connectivity index (χ3v) is 22.8. The number of nitrogens with one attached hydrogen (secondary N) is 2. The fourth-order valence-corrected chi connectivity index (χ4v) is 17.2. The number of fused-ring (bicyclic) bond motifs is 7. The van der Waals surface area contributed by atoms with Crippen molar-refractivity contribution in [3.63, 3.8) is 0 Å². The van der Waals surface area contributed by atoms with Gasteiger partial charge in [0.2, 0.25) is 12.2 Å². The number of benzene rings is 1. The number of unbranched alkanes of at least 4 members (excludes halogenated alkanes) is 2. The van der Waals surface area contributed by atoms with Crippen LogP contribution >= 0.6 is 22.6 Å². The minimum atomic E-state index is -1.84. The first-order chi connectivity index (χ1) is 39.1. The van der Waals surface area contributed by atoms with Crippen molar-refractivity contribution in [2.75, 3.05) is 26.4 Å². The Morgan fingerprint density at radius 1 is 0.759 bits per heavy atom. The lowest BCUT2D eigenvalue weighted by atomic mass is 9.33. The zero-order valence-corrected chi connectivity index (χ0v) is 51.1. The molecule has 2 amide bonds. The Labute approximate surface area is 500 Å². The molecule has 4 saturated carbocycles. The number of hydrogen-bond acceptors (Lipinski definition) is 19. The highest BCUT2D eigenvalue weighted by atomic mass is 127. The average molecular weight is 1280 g/mol. The van der Waals surface area contributed by atoms with Crippen LogP contribution in [0.4, 0.5) is 0 Å². The van der Waals surface area contributed by atoms with Crippen LogP contribution in [-0.2, 0) is 42.8 Å². The van der Waals surface area contributed by atoms with Crippen molar-refractivity contribution < 1.29 is 93.6 Å². The summed E-state index contributed by atoms with van der Waals surface area (Å²) in [5.41, 5.74) is -2.38. The molecule has 0 radical (unpaired) electrons. The zero-order chi connectivity index (χ0) is 60.4. The maximum Gasteiger partial charge on any atom is 0.317 e. The molecule has 3 aliphatic heterocycles. The third-order valence-electron chi connectivity index (χ3n) is 22.1. The quantitative estimate of drug-likeness (QED) is 0.0351. The molecule has 1 aromatic rings. The van der Waals surface area contributed by atoms with Gasteiger partial charge in [-0.1, -0.05) is 59.6 Å². The van der Waals surface area contributed by atoms with Crippen molar-refractivity contribution in [2.45, 2.75) is 224 Å². The molecule has 7 fully saturated rings. The highest BCUT2D eigenvalue weighted by Crippen LogP contribution is 2.76. The summed E-state index contributed by atoms with van der Waals surface area (Å²) in [6, 6.07) is 5.79. The summed E-state index contributed by atoms with van der Waals surface area (Å²) >= 11 is 2.16. The van der Waals surface area contributed by atoms with Gasteiger partial charge in [-0.25, -0.2) is 0 Å². The van der Waals surface area contributed by atoms with Gasteiger partial charge in [0, 0.05) is 22.1 Å². The number of carbonyl (C=O) groups excluding carboxylic acids is 4. The van der Waals surface area contributed by atoms with Gasteiger partial charge in [0.15, 0.2) is 18.7 Å². The molecular formula is C61H91IN2O19. The van der Waals surface area contributed by atoms with Gasteiger partial charge in [0.1, 0.15) is 48.3 Å². The van der Waals surface area contributed by atoms with E-state index >= 15 is 4.79 Å². The van der Waals surface area contributed by atoms with Gasteiger partial charge in [0.05, 0.1) is 61.6 Å². The molecule has 9 rings (SSSR count). The van der Waals surface area contributed by atoms with Crippen LogP contribution in [0.2, 0.25) is 0 Å². The number of rotatable bonds is 17. The summed E-state index contributed by atoms with van der Waals surface area (Å²) in [7, 11) is 0. The maximum absolute atomic E-state index is 15.8. The van der Waals surface area contributed by atoms with Crippen LogP contribution in [0.3, 0.4) is 0 Å². The van der Waals surface area contributed by atoms with E-state index in [9.17, 15) is 60.3 Å². The van der Waals surface area contributed by atoms with Crippen molar-refractivity contribution in [1.29, 1.82) is 0 Å². The predicted molar refractivity (Wildman–Crippen MR) is 305 cm³/mol. The number of hydrogen-bond donors (Lipinski definition) is 11. The molecule has 466 valence electrons. The smallest absolute Gasteiger partial charge is 0.317 e. The van der Waals surface area contributed by atoms with Crippen LogP contribution in [-0.4, -0.2) is 188 Å². The summed E-state index contributed by atoms with van der Waals surface area (Å²) < 4.78 is 38.1. The highest BCUT2D eigenvalue weighted by Gasteiger charge is 2.72. The van der Waals surface area contributed by atoms with E-state index < -0.39 is 145 Å². The number of carbonyl (C=O) groups is 4. The molecule has 3 heterocycles. The second-order valence-corrected chi connectivity index (χ2v) is 28.5. The summed E-state index contributed by atoms with van der Waals surface area (Å²) in [4.78, 5) is 55.0. The number of esters is 1. The molecule has 11 N–H and O–H groups in total. The lowest BCUT2D eigenvalue weighted by Gasteiger charge is -2.71. The molecule has 0 aromatic heterocycles. The Kier molecular flexibility index (Phi) is 19.5. The SMILES string of the molecule is CC1O[C@@H](OC2C(O)[C@@H](NC(=O)CCCCCNC(=O)c3ccc(I)cc3)C(CO)O[C@H]2OC(=O)[C@]23CCC(C)(C)CC2C2=CCC4C5(C)CC[C@H](O)C(C)(C=O)[C@H]5CCC4(C)C2(C)CC3O)C(CO)C(O)[C@H]1O[C@@H]1OC[C@@H](O)C(O)C1O. The number of amides is 2. The number of allylic oxidation sites excluding steroid dienone is 2. The molecule has 21 nitrogen and oxygen atoms in total. The molecule has 8 aliphatic rings. The first-order valence-corrected chi connectivity index (χ1v) is 31.1. The van der Waals surface area contributed by atoms with E-state index in [2.05, 4.69) is 73.9 Å². The van der Waals surface area contributed by atoms with Crippen LogP contribution in [0.5, 0.6) is 0 Å². The van der Waals surface area contributed by atoms with Crippen LogP contribution < -0.4 is 10.6 Å². The zero-order valence-electron chi connectivity index (χ0n) is 48.9. The van der Waals surface area contributed by atoms with E-state index in [1.54, 1.807) is 12.1 Å². The molecule has 5 aliphatic carbocycles. The lowest BCUT2D eigenvalue weighted by molar-refractivity contribution is -0.365. The van der Waals surface area contributed by atoms with Crippen molar-refractivity contribution in [3.8, 4) is 0 Å². The molecular weight excluding hydrogens is 1190 g/mol. The van der Waals surface area contributed by atoms with Crippen molar-refractivity contribution in [3.05, 3.63) is 45.0 Å². The van der Waals surface area contributed by atoms with Gasteiger partial charge in [-0.15, -0.1) is 0 Å². The van der Waals surface area contributed by atoms with Gasteiger partial charge >= 0.3 is 5.97 Å². The van der Waals surface area contributed by atoms with Crippen LogP contribution in [0.25, 0.3) is 0 Å². The standard InChI is InChI=1S/C61H91IN2O19/c1-31-49(81-53-48(75)46(73)37(68)29-78-53)45(72)34(27-65)52(79-31)82-50-47(74)44(64-43(71)11-9-8-10-24-63-51(76)32-12-14-33(62)15-13-32)38(28-66)80-54(50)83-55(77)61-23-22-56(2,3)25-36(61)35-16-17-40-57(4)20-19-41(69)58(5,30-67)39(57)18-21-59(40,6)60(35,7)26-42(61)70/h12-16,30-31,34,36-42,44-50,52-54,65-66,68-70,72-75H,8-11,17-29H2,1-7H3,(H,63,76)(H,64,71)/t31?,34?,36?,37-,38?,39+,40?,41+,42?,44+,45?,46?,47?,48?,49+,50?,52+,53+,54+,57?,58?,59?,60?,61-/m1/s1. The number of aliphatic hydroxyl groups excluding tert-OH is 9. The summed E-state index contributed by atoms with van der Waals surface area (Å²) in [5, 5.41) is 107. The predicted octanol–water partition coefficient (Wildman–Crippen LogP) is 2.92. The first-order valence-electron chi connectivity index (χ1n) is 30.1. The normalized spacial score (nSPS) is 45.7. The minimum absolute atomic E-state index is 0.0109. The largest absolute Gasteiger partial charge is 0.432 e. The van der Waals surface area contributed by atoms with Crippen molar-refractivity contribution in [2.24, 2.45) is 56.2 Å². The Hall–Kier alpha value is -2.79. The molecule has 15 unspecified atom stereocenters. The lowest BCUT2D eigenvalue weighted by Crippen LogP contribution is -2.69. The summed E-state index contributed by atoms with van der Waals surface area (Å²) in [6.07, 6.45) is -11.0. The monoisotopic (exact) mass is 1280 g/mol. The molecule has 0 spiro atoms. The average Bonchev–Trinajstić information content (AvgIpc) is 0.743. The number of aliphatic hydroxyl groups is 9. The van der Waals surface area contributed by atoms with E-state index in [0.29, 0.717) is 63.5 Å². The molecule has 1 aromatic carbocycles. The van der Waals surface area contributed by atoms with E-state index in [1.165, 1.54) is 6.92 Å². The van der Waals surface area contributed by atoms with E-state index in [0.717, 1.165) is 28.3 Å². The van der Waals surface area contributed by atoms with Gasteiger partial charge in [-0.3, -0.25) is 14.4 Å². The number of aldehydes is 1. The van der Waals surface area contributed by atoms with E-state index in [-0.39, 0.29) is 59.9 Å². The minimum Gasteiger partial charge on any atom is -0.432 e. The fraction of sp³-hybridized carbons (Fsp3) is 0.803. The Morgan fingerprint density at radius 3 is 2.16 bits per heavy atom. The first kappa shape index (κ1) is 64.7. The maximum atomic E-state index is 15.8. The van der Waals surface area contributed by atoms with Gasteiger partial charge in [0.25, 0.3) is 5.91 Å². The van der Waals surface area contributed by atoms with Gasteiger partial charge in [-0.05, 0) is 164 Å². The Bertz CT molecular complexity index is 2520. The Balaban J connectivity index is 0.973. The third kappa shape index (κ3) is 11.7. The van der Waals surface area contributed by atoms with E-state index in [4.69, 9.17) is 28.4 Å². The van der Waals surface area contributed by atoms with Crippen LogP contribution in [0.1, 0.15) is 142 Å². The fourth-order valence-electron chi connectivity index (χ4n) is 16.9. The Morgan fingerprint density at radius 2 is 1.47 bits per heavy atom. The highest BCUT2D eigenvalue weighted by molar-refractivity contribution is 14.1. The number of halogens is 1.